The number of rotatable bonds is 12. The minimum absolute atomic E-state index is 0.0266. The van der Waals surface area contributed by atoms with Gasteiger partial charge in [0.2, 0.25) is 5.13 Å². The lowest BCUT2D eigenvalue weighted by atomic mass is 10.1. The third kappa shape index (κ3) is 8.52. The van der Waals surface area contributed by atoms with Gasteiger partial charge in [-0.1, -0.05) is 55.0 Å². The fourth-order valence-electron chi connectivity index (χ4n) is 2.83. The van der Waals surface area contributed by atoms with Gasteiger partial charge in [-0.15, -0.1) is 10.2 Å². The molecule has 1 N–H and O–H groups in total. The van der Waals surface area contributed by atoms with Crippen LogP contribution >= 0.6 is 11.3 Å². The minimum Gasteiger partial charge on any atom is -0.491 e. The van der Waals surface area contributed by atoms with Crippen molar-refractivity contribution in [1.29, 1.82) is 5.26 Å². The molecule has 0 unspecified atom stereocenters. The van der Waals surface area contributed by atoms with Gasteiger partial charge < -0.3 is 14.2 Å². The number of hydrogen-bond donors (Lipinski definition) is 1. The average Bonchev–Trinajstić information content (AvgIpc) is 3.32. The van der Waals surface area contributed by atoms with Gasteiger partial charge in [0.25, 0.3) is 5.91 Å². The molecule has 1 aromatic heterocycles. The summed E-state index contributed by atoms with van der Waals surface area (Å²) < 4.78 is 16.8. The molecular formula is C26H28N4O4S. The summed E-state index contributed by atoms with van der Waals surface area (Å²) in [5.74, 6) is 1.18. The minimum atomic E-state index is -0.525. The predicted octanol–water partition coefficient (Wildman–Crippen LogP) is 4.99. The Morgan fingerprint density at radius 2 is 1.60 bits per heavy atom. The number of nitrogens with one attached hydrogen (secondary N) is 1. The van der Waals surface area contributed by atoms with Crippen molar-refractivity contribution in [1.82, 2.24) is 10.2 Å². The Balaban J connectivity index is 1.39. The second-order valence-electron chi connectivity index (χ2n) is 7.92. The number of carbonyl (C=O) groups is 1. The first-order chi connectivity index (χ1) is 16.9. The zero-order valence-electron chi connectivity index (χ0n) is 20.0. The van der Waals surface area contributed by atoms with E-state index in [9.17, 15) is 10.1 Å². The molecule has 0 saturated heterocycles. The molecule has 0 atom stereocenters. The van der Waals surface area contributed by atoms with E-state index in [-0.39, 0.29) is 11.5 Å². The number of carbonyl (C=O) groups excluding carboxylic acids is 1. The van der Waals surface area contributed by atoms with Gasteiger partial charge in [0.1, 0.15) is 41.4 Å². The maximum Gasteiger partial charge on any atom is 0.268 e. The van der Waals surface area contributed by atoms with Crippen LogP contribution in [-0.2, 0) is 9.53 Å². The number of amides is 1. The number of benzene rings is 2. The Morgan fingerprint density at radius 1 is 1.00 bits per heavy atom. The summed E-state index contributed by atoms with van der Waals surface area (Å²) in [6, 6.07) is 16.9. The van der Waals surface area contributed by atoms with Crippen molar-refractivity contribution in [3.8, 4) is 17.6 Å². The molecule has 0 spiro atoms. The number of nitriles is 1. The molecule has 8 nitrogen and oxygen atoms in total. The normalized spacial score (nSPS) is 11.2. The van der Waals surface area contributed by atoms with Crippen LogP contribution in [0.15, 0.2) is 54.1 Å². The summed E-state index contributed by atoms with van der Waals surface area (Å²) in [6.07, 6.45) is 1.51. The first-order valence-electron chi connectivity index (χ1n) is 11.2. The second kappa shape index (κ2) is 13.2. The molecule has 3 rings (SSSR count). The van der Waals surface area contributed by atoms with Crippen molar-refractivity contribution < 1.29 is 19.0 Å². The fraction of sp³-hybridized carbons (Fsp3) is 0.308. The second-order valence-corrected chi connectivity index (χ2v) is 8.92. The van der Waals surface area contributed by atoms with E-state index in [4.69, 9.17) is 14.2 Å². The lowest BCUT2D eigenvalue weighted by Gasteiger charge is -2.09. The lowest BCUT2D eigenvalue weighted by molar-refractivity contribution is -0.112. The van der Waals surface area contributed by atoms with Crippen LogP contribution in [0.2, 0.25) is 0 Å². The highest BCUT2D eigenvalue weighted by Gasteiger charge is 2.14. The predicted molar refractivity (Wildman–Crippen MR) is 136 cm³/mol. The fourth-order valence-corrected chi connectivity index (χ4v) is 3.57. The summed E-state index contributed by atoms with van der Waals surface area (Å²) >= 11 is 1.29. The molecule has 35 heavy (non-hydrogen) atoms. The molecule has 9 heteroatoms. The third-order valence-corrected chi connectivity index (χ3v) is 5.86. The van der Waals surface area contributed by atoms with Gasteiger partial charge in [-0.25, -0.2) is 0 Å². The Morgan fingerprint density at radius 3 is 2.14 bits per heavy atom. The van der Waals surface area contributed by atoms with E-state index in [2.05, 4.69) is 15.5 Å². The smallest absolute Gasteiger partial charge is 0.268 e. The topological polar surface area (TPSA) is 106 Å². The van der Waals surface area contributed by atoms with Crippen LogP contribution in [0.25, 0.3) is 6.08 Å². The summed E-state index contributed by atoms with van der Waals surface area (Å²) in [7, 11) is 0. The molecule has 0 aliphatic carbocycles. The molecule has 182 valence electrons. The van der Waals surface area contributed by atoms with Gasteiger partial charge in [0, 0.05) is 5.92 Å². The molecular weight excluding hydrogens is 464 g/mol. The summed E-state index contributed by atoms with van der Waals surface area (Å²) in [5.41, 5.74) is 1.87. The Hall–Kier alpha value is -3.74. The third-order valence-electron chi connectivity index (χ3n) is 4.72. The highest BCUT2D eigenvalue weighted by Crippen LogP contribution is 2.23. The summed E-state index contributed by atoms with van der Waals surface area (Å²) in [4.78, 5) is 12.4. The first-order valence-corrected chi connectivity index (χ1v) is 12.0. The highest BCUT2D eigenvalue weighted by atomic mass is 32.1. The highest BCUT2D eigenvalue weighted by molar-refractivity contribution is 7.15. The van der Waals surface area contributed by atoms with Crippen molar-refractivity contribution in [2.24, 2.45) is 0 Å². The molecule has 2 aromatic carbocycles. The number of nitrogens with zero attached hydrogens (tertiary/aromatic N) is 3. The SMILES string of the molecule is Cc1ccc(OCCOCCOc2ccc(C=C(C#N)C(=O)Nc3nnc(C(C)C)s3)cc2)cc1. The van der Waals surface area contributed by atoms with Crippen LogP contribution in [-0.4, -0.2) is 42.5 Å². The largest absolute Gasteiger partial charge is 0.491 e. The van der Waals surface area contributed by atoms with Gasteiger partial charge in [-0.3, -0.25) is 10.1 Å². The van der Waals surface area contributed by atoms with Crippen LogP contribution in [0.1, 0.15) is 35.9 Å². The van der Waals surface area contributed by atoms with E-state index in [1.54, 1.807) is 24.3 Å². The van der Waals surface area contributed by atoms with Gasteiger partial charge in [-0.2, -0.15) is 5.26 Å². The van der Waals surface area contributed by atoms with Gasteiger partial charge >= 0.3 is 0 Å². The Kier molecular flexibility index (Phi) is 9.78. The number of aromatic nitrogens is 2. The lowest BCUT2D eigenvalue weighted by Crippen LogP contribution is -2.13. The number of ether oxygens (including phenoxy) is 3. The molecule has 0 radical (unpaired) electrons. The summed E-state index contributed by atoms with van der Waals surface area (Å²) in [5, 5.41) is 21.2. The van der Waals surface area contributed by atoms with E-state index in [0.717, 1.165) is 10.8 Å². The van der Waals surface area contributed by atoms with Crippen molar-refractivity contribution in [2.75, 3.05) is 31.7 Å². The van der Waals surface area contributed by atoms with E-state index in [0.29, 0.717) is 42.9 Å². The number of aryl methyl sites for hydroxylation is 1. The van der Waals surface area contributed by atoms with Crippen LogP contribution in [0, 0.1) is 18.3 Å². The molecule has 0 saturated carbocycles. The standard InChI is InChI=1S/C26H28N4O4S/c1-18(2)25-29-30-26(35-25)28-24(31)21(17-27)16-20-6-10-23(11-7-20)34-15-13-32-12-14-33-22-8-4-19(3)5-9-22/h4-11,16,18H,12-15H2,1-3H3,(H,28,30,31). The zero-order chi connectivity index (χ0) is 25.0. The summed E-state index contributed by atoms with van der Waals surface area (Å²) in [6.45, 7) is 7.79. The van der Waals surface area contributed by atoms with Crippen molar-refractivity contribution >= 4 is 28.5 Å². The van der Waals surface area contributed by atoms with Crippen molar-refractivity contribution in [2.45, 2.75) is 26.7 Å². The molecule has 3 aromatic rings. The maximum absolute atomic E-state index is 12.4. The van der Waals surface area contributed by atoms with Crippen molar-refractivity contribution in [3.05, 3.63) is 70.2 Å². The molecule has 1 heterocycles. The molecule has 0 aliphatic rings. The molecule has 0 fully saturated rings. The van der Waals surface area contributed by atoms with E-state index < -0.39 is 5.91 Å². The Labute approximate surface area is 209 Å². The van der Waals surface area contributed by atoms with Gasteiger partial charge in [0.15, 0.2) is 0 Å². The van der Waals surface area contributed by atoms with E-state index >= 15 is 0 Å². The molecule has 0 aliphatic heterocycles. The monoisotopic (exact) mass is 492 g/mol. The van der Waals surface area contributed by atoms with Gasteiger partial charge in [-0.05, 0) is 42.8 Å². The van der Waals surface area contributed by atoms with Crippen molar-refractivity contribution in [3.63, 3.8) is 0 Å². The quantitative estimate of drug-likeness (QED) is 0.216. The Bertz CT molecular complexity index is 1170. The van der Waals surface area contributed by atoms with Crippen LogP contribution in [0.5, 0.6) is 11.5 Å². The van der Waals surface area contributed by atoms with Crippen LogP contribution in [0.3, 0.4) is 0 Å². The van der Waals surface area contributed by atoms with Gasteiger partial charge in [0.05, 0.1) is 13.2 Å². The van der Waals surface area contributed by atoms with Crippen LogP contribution in [0.4, 0.5) is 5.13 Å². The van der Waals surface area contributed by atoms with Crippen LogP contribution < -0.4 is 14.8 Å². The number of hydrogen-bond acceptors (Lipinski definition) is 8. The number of anilines is 1. The van der Waals surface area contributed by atoms with E-state index in [1.165, 1.54) is 23.0 Å². The average molecular weight is 493 g/mol. The first kappa shape index (κ1) is 25.9. The molecule has 1 amide bonds. The maximum atomic E-state index is 12.4. The zero-order valence-corrected chi connectivity index (χ0v) is 20.8. The molecule has 0 bridgehead atoms. The van der Waals surface area contributed by atoms with E-state index in [1.807, 2.05) is 51.1 Å².